The van der Waals surface area contributed by atoms with E-state index in [1.807, 2.05) is 30.3 Å². The van der Waals surface area contributed by atoms with Gasteiger partial charge in [0.25, 0.3) is 0 Å². The molecule has 0 aromatic heterocycles. The SMILES string of the molecule is CC(C)[C@H](C(=O)O)N(CCN1CCCCC1)S(=O)(=O)c1ccc(Sc2ccccc2)cc1.Cl. The summed E-state index contributed by atoms with van der Waals surface area (Å²) in [6, 6.07) is 15.5. The van der Waals surface area contributed by atoms with E-state index in [1.54, 1.807) is 49.9 Å². The summed E-state index contributed by atoms with van der Waals surface area (Å²) >= 11 is 1.55. The number of sulfonamides is 1. The molecule has 0 radical (unpaired) electrons. The van der Waals surface area contributed by atoms with E-state index < -0.39 is 22.0 Å². The molecular weight excluding hydrogens is 480 g/mol. The maximum absolute atomic E-state index is 13.6. The third-order valence-corrected chi connectivity index (χ3v) is 8.60. The van der Waals surface area contributed by atoms with Gasteiger partial charge in [0.1, 0.15) is 6.04 Å². The van der Waals surface area contributed by atoms with Gasteiger partial charge in [-0.05, 0) is 68.2 Å². The highest BCUT2D eigenvalue weighted by atomic mass is 35.5. The molecule has 1 aliphatic heterocycles. The van der Waals surface area contributed by atoms with Crippen LogP contribution in [-0.4, -0.2) is 60.9 Å². The molecule has 1 heterocycles. The summed E-state index contributed by atoms with van der Waals surface area (Å²) in [5, 5.41) is 9.85. The monoisotopic (exact) mass is 512 g/mol. The third-order valence-electron chi connectivity index (χ3n) is 5.69. The minimum atomic E-state index is -3.96. The Bertz CT molecular complexity index is 979. The highest BCUT2D eigenvalue weighted by Gasteiger charge is 2.38. The molecule has 1 aliphatic rings. The summed E-state index contributed by atoms with van der Waals surface area (Å²) in [5.41, 5.74) is 0. The highest BCUT2D eigenvalue weighted by Crippen LogP contribution is 2.29. The molecule has 0 bridgehead atoms. The van der Waals surface area contributed by atoms with Crippen LogP contribution in [0.1, 0.15) is 33.1 Å². The van der Waals surface area contributed by atoms with Crippen LogP contribution >= 0.6 is 24.2 Å². The van der Waals surface area contributed by atoms with Crippen LogP contribution in [0.5, 0.6) is 0 Å². The maximum atomic E-state index is 13.6. The second kappa shape index (κ2) is 12.8. The average molecular weight is 513 g/mol. The zero-order valence-electron chi connectivity index (χ0n) is 19.1. The lowest BCUT2D eigenvalue weighted by atomic mass is 10.0. The average Bonchev–Trinajstić information content (AvgIpc) is 2.77. The molecule has 2 aromatic rings. The van der Waals surface area contributed by atoms with E-state index in [9.17, 15) is 18.3 Å². The van der Waals surface area contributed by atoms with Crippen molar-refractivity contribution in [3.63, 3.8) is 0 Å². The molecule has 1 fully saturated rings. The van der Waals surface area contributed by atoms with Crippen LogP contribution in [0.15, 0.2) is 69.3 Å². The van der Waals surface area contributed by atoms with E-state index in [0.29, 0.717) is 6.54 Å². The predicted molar refractivity (Wildman–Crippen MR) is 135 cm³/mol. The van der Waals surface area contributed by atoms with Gasteiger partial charge in [0.05, 0.1) is 4.90 Å². The number of hydrogen-bond donors (Lipinski definition) is 1. The van der Waals surface area contributed by atoms with Gasteiger partial charge < -0.3 is 10.0 Å². The van der Waals surface area contributed by atoms with Crippen LogP contribution in [0.2, 0.25) is 0 Å². The lowest BCUT2D eigenvalue weighted by Gasteiger charge is -2.33. The Morgan fingerprint density at radius 2 is 1.58 bits per heavy atom. The quantitative estimate of drug-likeness (QED) is 0.490. The molecule has 9 heteroatoms. The molecular formula is C24H33ClN2O4S2. The van der Waals surface area contributed by atoms with Crippen molar-refractivity contribution in [3.8, 4) is 0 Å². The first-order chi connectivity index (χ1) is 15.3. The third kappa shape index (κ3) is 7.45. The molecule has 1 atom stereocenters. The minimum absolute atomic E-state index is 0. The first-order valence-corrected chi connectivity index (χ1v) is 13.3. The van der Waals surface area contributed by atoms with Crippen molar-refractivity contribution >= 4 is 40.2 Å². The summed E-state index contributed by atoms with van der Waals surface area (Å²) in [4.78, 5) is 16.4. The molecule has 0 amide bonds. The standard InChI is InChI=1S/C24H32N2O4S2.ClH/c1-19(2)23(24(27)28)26(18-17-25-15-7-4-8-16-25)32(29,30)22-13-11-21(12-14-22)31-20-9-5-3-6-10-20;/h3,5-6,9-14,19,23H,4,7-8,15-18H2,1-2H3,(H,27,28);1H/t23-;/m1./s1. The molecule has 0 unspecified atom stereocenters. The molecule has 6 nitrogen and oxygen atoms in total. The summed E-state index contributed by atoms with van der Waals surface area (Å²) in [6.07, 6.45) is 3.38. The number of carboxylic acid groups (broad SMARTS) is 1. The summed E-state index contributed by atoms with van der Waals surface area (Å²) in [5.74, 6) is -1.46. The smallest absolute Gasteiger partial charge is 0.322 e. The Morgan fingerprint density at radius 1 is 1.00 bits per heavy atom. The topological polar surface area (TPSA) is 77.9 Å². The van der Waals surface area contributed by atoms with Crippen molar-refractivity contribution < 1.29 is 18.3 Å². The number of likely N-dealkylation sites (tertiary alicyclic amines) is 1. The van der Waals surface area contributed by atoms with E-state index in [-0.39, 0.29) is 29.8 Å². The number of nitrogens with zero attached hydrogens (tertiary/aromatic N) is 2. The van der Waals surface area contributed by atoms with Crippen LogP contribution in [0.25, 0.3) is 0 Å². The maximum Gasteiger partial charge on any atom is 0.322 e. The zero-order valence-corrected chi connectivity index (χ0v) is 21.5. The lowest BCUT2D eigenvalue weighted by molar-refractivity contribution is -0.143. The Labute approximate surface area is 207 Å². The predicted octanol–water partition coefficient (Wildman–Crippen LogP) is 4.85. The molecule has 0 aliphatic carbocycles. The minimum Gasteiger partial charge on any atom is -0.480 e. The van der Waals surface area contributed by atoms with E-state index >= 15 is 0 Å². The van der Waals surface area contributed by atoms with Crippen LogP contribution in [0, 0.1) is 5.92 Å². The van der Waals surface area contributed by atoms with Gasteiger partial charge in [0.15, 0.2) is 0 Å². The molecule has 1 saturated heterocycles. The van der Waals surface area contributed by atoms with Gasteiger partial charge in [-0.15, -0.1) is 12.4 Å². The number of carbonyl (C=O) groups is 1. The van der Waals surface area contributed by atoms with Crippen molar-refractivity contribution in [2.45, 2.75) is 53.8 Å². The second-order valence-electron chi connectivity index (χ2n) is 8.43. The van der Waals surface area contributed by atoms with Gasteiger partial charge in [-0.1, -0.05) is 50.2 Å². The molecule has 182 valence electrons. The van der Waals surface area contributed by atoms with Crippen molar-refractivity contribution in [2.75, 3.05) is 26.2 Å². The first kappa shape index (κ1) is 27.7. The van der Waals surface area contributed by atoms with E-state index in [4.69, 9.17) is 0 Å². The van der Waals surface area contributed by atoms with Crippen LogP contribution < -0.4 is 0 Å². The Kier molecular flexibility index (Phi) is 10.7. The van der Waals surface area contributed by atoms with Gasteiger partial charge >= 0.3 is 5.97 Å². The summed E-state index contributed by atoms with van der Waals surface area (Å²) < 4.78 is 28.3. The van der Waals surface area contributed by atoms with Crippen molar-refractivity contribution in [2.24, 2.45) is 5.92 Å². The Balaban J connectivity index is 0.00000385. The number of benzene rings is 2. The van der Waals surface area contributed by atoms with Crippen molar-refractivity contribution in [1.82, 2.24) is 9.21 Å². The fourth-order valence-electron chi connectivity index (χ4n) is 4.01. The van der Waals surface area contributed by atoms with Gasteiger partial charge in [0.2, 0.25) is 10.0 Å². The first-order valence-electron chi connectivity index (χ1n) is 11.1. The Morgan fingerprint density at radius 3 is 2.12 bits per heavy atom. The summed E-state index contributed by atoms with van der Waals surface area (Å²) in [6.45, 7) is 6.07. The fourth-order valence-corrected chi connectivity index (χ4v) is 6.56. The molecule has 0 saturated carbocycles. The normalized spacial score (nSPS) is 15.9. The number of piperidine rings is 1. The van der Waals surface area contributed by atoms with Gasteiger partial charge in [-0.2, -0.15) is 4.31 Å². The number of halogens is 1. The largest absolute Gasteiger partial charge is 0.480 e. The second-order valence-corrected chi connectivity index (χ2v) is 11.5. The fraction of sp³-hybridized carbons (Fsp3) is 0.458. The van der Waals surface area contributed by atoms with Crippen LogP contribution in [0.3, 0.4) is 0 Å². The molecule has 3 rings (SSSR count). The number of carboxylic acids is 1. The van der Waals surface area contributed by atoms with Crippen LogP contribution in [-0.2, 0) is 14.8 Å². The molecule has 33 heavy (non-hydrogen) atoms. The van der Waals surface area contributed by atoms with Crippen molar-refractivity contribution in [3.05, 3.63) is 54.6 Å². The Hall–Kier alpha value is -1.58. The summed E-state index contributed by atoms with van der Waals surface area (Å²) in [7, 11) is -3.96. The number of rotatable bonds is 10. The van der Waals surface area contributed by atoms with E-state index in [1.165, 1.54) is 10.7 Å². The molecule has 0 spiro atoms. The van der Waals surface area contributed by atoms with Crippen LogP contribution in [0.4, 0.5) is 0 Å². The van der Waals surface area contributed by atoms with Gasteiger partial charge in [-0.25, -0.2) is 8.42 Å². The van der Waals surface area contributed by atoms with E-state index in [2.05, 4.69) is 4.90 Å². The number of hydrogen-bond acceptors (Lipinski definition) is 5. The van der Waals surface area contributed by atoms with Gasteiger partial charge in [-0.3, -0.25) is 4.79 Å². The van der Waals surface area contributed by atoms with Crippen molar-refractivity contribution in [1.29, 1.82) is 0 Å². The van der Waals surface area contributed by atoms with E-state index in [0.717, 1.165) is 35.7 Å². The highest BCUT2D eigenvalue weighted by molar-refractivity contribution is 7.99. The lowest BCUT2D eigenvalue weighted by Crippen LogP contribution is -2.51. The molecule has 2 aromatic carbocycles. The zero-order chi connectivity index (χ0) is 23.1. The van der Waals surface area contributed by atoms with Gasteiger partial charge in [0, 0.05) is 22.9 Å². The molecule has 1 N–H and O–H groups in total. The number of aliphatic carboxylic acids is 1.